The van der Waals surface area contributed by atoms with Crippen LogP contribution in [-0.2, 0) is 4.79 Å². The number of likely N-dealkylation sites (tertiary alicyclic amines) is 1. The van der Waals surface area contributed by atoms with Gasteiger partial charge in [0, 0.05) is 13.1 Å². The van der Waals surface area contributed by atoms with Crippen molar-refractivity contribution in [3.8, 4) is 0 Å². The van der Waals surface area contributed by atoms with Gasteiger partial charge in [0.05, 0.1) is 0 Å². The second kappa shape index (κ2) is 8.25. The first-order valence-corrected chi connectivity index (χ1v) is 8.26. The molecule has 1 atom stereocenters. The van der Waals surface area contributed by atoms with Gasteiger partial charge in [0.2, 0.25) is 0 Å². The summed E-state index contributed by atoms with van der Waals surface area (Å²) in [4.78, 5) is 25.2. The Labute approximate surface area is 128 Å². The van der Waals surface area contributed by atoms with Crippen molar-refractivity contribution in [3.05, 3.63) is 0 Å². The van der Waals surface area contributed by atoms with Crippen molar-refractivity contribution in [2.45, 2.75) is 71.8 Å². The smallest absolute Gasteiger partial charge is 0.326 e. The fourth-order valence-corrected chi connectivity index (χ4v) is 3.05. The number of piperidine rings is 1. The lowest BCUT2D eigenvalue weighted by Gasteiger charge is -2.41. The standard InChI is InChI=1S/C16H30N2O3/c1-4-7-8-13(14(19)20)17-15(21)18-11-9-16(5-2,6-3)10-12-18/h13H,4-12H2,1-3H3,(H,17,21)(H,19,20)/t13-/m0/s1. The molecule has 0 unspecified atom stereocenters. The van der Waals surface area contributed by atoms with Gasteiger partial charge in [-0.05, 0) is 24.7 Å². The maximum Gasteiger partial charge on any atom is 0.326 e. The third kappa shape index (κ3) is 4.90. The largest absolute Gasteiger partial charge is 0.480 e. The molecule has 5 nitrogen and oxygen atoms in total. The van der Waals surface area contributed by atoms with Crippen LogP contribution in [0.5, 0.6) is 0 Å². The van der Waals surface area contributed by atoms with E-state index in [1.165, 1.54) is 0 Å². The Morgan fingerprint density at radius 1 is 1.19 bits per heavy atom. The number of carboxylic acids is 1. The van der Waals surface area contributed by atoms with Crippen LogP contribution in [-0.4, -0.2) is 41.1 Å². The van der Waals surface area contributed by atoms with Crippen molar-refractivity contribution < 1.29 is 14.7 Å². The molecule has 1 aliphatic rings. The predicted octanol–water partition coefficient (Wildman–Crippen LogP) is 3.24. The van der Waals surface area contributed by atoms with Crippen molar-refractivity contribution >= 4 is 12.0 Å². The zero-order valence-corrected chi connectivity index (χ0v) is 13.7. The number of carbonyl (C=O) groups excluding carboxylic acids is 1. The molecule has 0 aromatic rings. The Kier molecular flexibility index (Phi) is 6.99. The highest BCUT2D eigenvalue weighted by Crippen LogP contribution is 2.37. The summed E-state index contributed by atoms with van der Waals surface area (Å²) < 4.78 is 0. The number of urea groups is 1. The molecule has 0 aromatic heterocycles. The third-order valence-corrected chi connectivity index (χ3v) is 5.05. The van der Waals surface area contributed by atoms with E-state index in [-0.39, 0.29) is 6.03 Å². The van der Waals surface area contributed by atoms with Gasteiger partial charge in [0.25, 0.3) is 0 Å². The highest BCUT2D eigenvalue weighted by atomic mass is 16.4. The van der Waals surface area contributed by atoms with Crippen LogP contribution in [0.4, 0.5) is 4.79 Å². The van der Waals surface area contributed by atoms with Gasteiger partial charge >= 0.3 is 12.0 Å². The number of nitrogens with one attached hydrogen (secondary N) is 1. The topological polar surface area (TPSA) is 69.6 Å². The summed E-state index contributed by atoms with van der Waals surface area (Å²) >= 11 is 0. The summed E-state index contributed by atoms with van der Waals surface area (Å²) in [5, 5.41) is 11.8. The normalized spacial score (nSPS) is 19.1. The van der Waals surface area contributed by atoms with Crippen LogP contribution in [0.1, 0.15) is 65.7 Å². The van der Waals surface area contributed by atoms with Crippen molar-refractivity contribution in [3.63, 3.8) is 0 Å². The minimum absolute atomic E-state index is 0.223. The molecule has 2 N–H and O–H groups in total. The van der Waals surface area contributed by atoms with Crippen molar-refractivity contribution in [1.29, 1.82) is 0 Å². The number of carbonyl (C=O) groups is 2. The van der Waals surface area contributed by atoms with E-state index in [9.17, 15) is 14.7 Å². The number of carboxylic acid groups (broad SMARTS) is 1. The molecule has 1 fully saturated rings. The quantitative estimate of drug-likeness (QED) is 0.758. The second-order valence-corrected chi connectivity index (χ2v) is 6.18. The summed E-state index contributed by atoms with van der Waals surface area (Å²) in [6.45, 7) is 7.90. The van der Waals surface area contributed by atoms with Crippen LogP contribution in [0.25, 0.3) is 0 Å². The summed E-state index contributed by atoms with van der Waals surface area (Å²) in [6.07, 6.45) is 6.56. The summed E-state index contributed by atoms with van der Waals surface area (Å²) in [5.41, 5.74) is 0.366. The number of hydrogen-bond acceptors (Lipinski definition) is 2. The van der Waals surface area contributed by atoms with Gasteiger partial charge in [-0.25, -0.2) is 9.59 Å². The van der Waals surface area contributed by atoms with Crippen molar-refractivity contribution in [2.24, 2.45) is 5.41 Å². The molecule has 0 aliphatic carbocycles. The molecule has 5 heteroatoms. The average molecular weight is 298 g/mol. The van der Waals surface area contributed by atoms with Crippen LogP contribution in [0, 0.1) is 5.41 Å². The van der Waals surface area contributed by atoms with Gasteiger partial charge in [-0.15, -0.1) is 0 Å². The lowest BCUT2D eigenvalue weighted by atomic mass is 9.74. The van der Waals surface area contributed by atoms with Gasteiger partial charge < -0.3 is 15.3 Å². The molecule has 0 spiro atoms. The zero-order valence-electron chi connectivity index (χ0n) is 13.7. The average Bonchev–Trinajstić information content (AvgIpc) is 2.51. The Bertz CT molecular complexity index is 343. The fourth-order valence-electron chi connectivity index (χ4n) is 3.05. The second-order valence-electron chi connectivity index (χ2n) is 6.18. The van der Waals surface area contributed by atoms with E-state index >= 15 is 0 Å². The first kappa shape index (κ1) is 17.8. The molecular weight excluding hydrogens is 268 g/mol. The van der Waals surface area contributed by atoms with Gasteiger partial charge in [-0.1, -0.05) is 46.5 Å². The third-order valence-electron chi connectivity index (χ3n) is 5.05. The molecular formula is C16H30N2O3. The van der Waals surface area contributed by atoms with E-state index in [2.05, 4.69) is 19.2 Å². The molecule has 0 radical (unpaired) electrons. The lowest BCUT2D eigenvalue weighted by molar-refractivity contribution is -0.139. The van der Waals surface area contributed by atoms with Crippen LogP contribution < -0.4 is 5.32 Å². The molecule has 0 aromatic carbocycles. The monoisotopic (exact) mass is 298 g/mol. The van der Waals surface area contributed by atoms with E-state index in [0.29, 0.717) is 11.8 Å². The summed E-state index contributed by atoms with van der Waals surface area (Å²) in [5.74, 6) is -0.940. The highest BCUT2D eigenvalue weighted by molar-refractivity contribution is 5.82. The number of nitrogens with zero attached hydrogens (tertiary/aromatic N) is 1. The number of amides is 2. The Balaban J connectivity index is 2.51. The highest BCUT2D eigenvalue weighted by Gasteiger charge is 2.33. The molecule has 122 valence electrons. The van der Waals surface area contributed by atoms with Crippen LogP contribution in [0.2, 0.25) is 0 Å². The summed E-state index contributed by atoms with van der Waals surface area (Å²) in [6, 6.07) is -0.985. The molecule has 1 rings (SSSR count). The van der Waals surface area contributed by atoms with Gasteiger partial charge in [-0.3, -0.25) is 0 Å². The van der Waals surface area contributed by atoms with Gasteiger partial charge in [0.1, 0.15) is 6.04 Å². The maximum atomic E-state index is 12.2. The van der Waals surface area contributed by atoms with E-state index in [1.807, 2.05) is 6.92 Å². The Morgan fingerprint density at radius 2 is 1.76 bits per heavy atom. The van der Waals surface area contributed by atoms with E-state index in [4.69, 9.17) is 0 Å². The minimum atomic E-state index is -0.940. The first-order valence-electron chi connectivity index (χ1n) is 8.26. The molecule has 1 heterocycles. The minimum Gasteiger partial charge on any atom is -0.480 e. The molecule has 1 saturated heterocycles. The lowest BCUT2D eigenvalue weighted by Crippen LogP contribution is -2.51. The number of hydrogen-bond donors (Lipinski definition) is 2. The van der Waals surface area contributed by atoms with Crippen LogP contribution in [0.3, 0.4) is 0 Å². The number of rotatable bonds is 7. The SMILES string of the molecule is CCCC[C@H](NC(=O)N1CCC(CC)(CC)CC1)C(=O)O. The van der Waals surface area contributed by atoms with Crippen molar-refractivity contribution in [2.75, 3.05) is 13.1 Å². The van der Waals surface area contributed by atoms with E-state index < -0.39 is 12.0 Å². The van der Waals surface area contributed by atoms with E-state index in [1.54, 1.807) is 4.90 Å². The van der Waals surface area contributed by atoms with Crippen LogP contribution >= 0.6 is 0 Å². The predicted molar refractivity (Wildman–Crippen MR) is 83.3 cm³/mol. The number of aliphatic carboxylic acids is 1. The molecule has 1 aliphatic heterocycles. The Hall–Kier alpha value is -1.26. The van der Waals surface area contributed by atoms with Crippen molar-refractivity contribution in [1.82, 2.24) is 10.2 Å². The summed E-state index contributed by atoms with van der Waals surface area (Å²) in [7, 11) is 0. The van der Waals surface area contributed by atoms with E-state index in [0.717, 1.165) is 51.6 Å². The fraction of sp³-hybridized carbons (Fsp3) is 0.875. The molecule has 21 heavy (non-hydrogen) atoms. The molecule has 0 saturated carbocycles. The Morgan fingerprint density at radius 3 is 2.19 bits per heavy atom. The van der Waals surface area contributed by atoms with Gasteiger partial charge in [-0.2, -0.15) is 0 Å². The molecule has 2 amide bonds. The molecule has 0 bridgehead atoms. The number of unbranched alkanes of at least 4 members (excludes halogenated alkanes) is 1. The van der Waals surface area contributed by atoms with Crippen LogP contribution in [0.15, 0.2) is 0 Å². The first-order chi connectivity index (χ1) is 9.98. The van der Waals surface area contributed by atoms with Gasteiger partial charge in [0.15, 0.2) is 0 Å². The zero-order chi connectivity index (χ0) is 15.9. The maximum absolute atomic E-state index is 12.2.